The fraction of sp³-hybridized carbons (Fsp3) is 0.600. The van der Waals surface area contributed by atoms with Crippen LogP contribution in [0.15, 0.2) is 23.1 Å². The van der Waals surface area contributed by atoms with Gasteiger partial charge in [0, 0.05) is 31.6 Å². The van der Waals surface area contributed by atoms with Gasteiger partial charge in [-0.05, 0) is 31.0 Å². The van der Waals surface area contributed by atoms with E-state index in [2.05, 4.69) is 10.6 Å². The van der Waals surface area contributed by atoms with Crippen LogP contribution in [-0.2, 0) is 20.8 Å². The third-order valence-electron chi connectivity index (χ3n) is 6.15. The fourth-order valence-corrected chi connectivity index (χ4v) is 5.90. The molecule has 186 valence electrons. The summed E-state index contributed by atoms with van der Waals surface area (Å²) in [7, 11) is -4.52. The summed E-state index contributed by atoms with van der Waals surface area (Å²) in [5, 5.41) is 12.7. The van der Waals surface area contributed by atoms with E-state index in [0.29, 0.717) is 18.9 Å². The molecule has 0 aromatic heterocycles. The number of anilines is 1. The highest BCUT2D eigenvalue weighted by atomic mass is 32.2. The molecule has 4 rings (SSSR count). The second-order valence-electron chi connectivity index (χ2n) is 8.73. The molecule has 2 saturated heterocycles. The second kappa shape index (κ2) is 8.23. The van der Waals surface area contributed by atoms with E-state index in [1.807, 2.05) is 6.07 Å². The summed E-state index contributed by atoms with van der Waals surface area (Å²) in [5.74, 6) is -3.04. The third kappa shape index (κ3) is 4.90. The Kier molecular flexibility index (Phi) is 5.92. The van der Waals surface area contributed by atoms with Crippen LogP contribution in [0.1, 0.15) is 31.2 Å². The van der Waals surface area contributed by atoms with Crippen LogP contribution in [0, 0.1) is 11.3 Å². The van der Waals surface area contributed by atoms with Crippen LogP contribution in [-0.4, -0.2) is 57.1 Å². The first-order chi connectivity index (χ1) is 15.7. The zero-order chi connectivity index (χ0) is 24.9. The van der Waals surface area contributed by atoms with E-state index in [1.54, 1.807) is 0 Å². The normalized spacial score (nSPS) is 25.6. The molecular formula is C20H21F5N4O4S. The van der Waals surface area contributed by atoms with Gasteiger partial charge in [-0.15, -0.1) is 0 Å². The van der Waals surface area contributed by atoms with Gasteiger partial charge in [0.15, 0.2) is 16.1 Å². The highest BCUT2D eigenvalue weighted by molar-refractivity contribution is 7.92. The number of halogens is 5. The van der Waals surface area contributed by atoms with Gasteiger partial charge in [0.05, 0.1) is 28.3 Å². The van der Waals surface area contributed by atoms with Crippen LogP contribution in [0.25, 0.3) is 0 Å². The Balaban J connectivity index is 1.51. The fourth-order valence-electron chi connectivity index (χ4n) is 4.06. The van der Waals surface area contributed by atoms with Gasteiger partial charge in [-0.25, -0.2) is 22.0 Å². The first-order valence-corrected chi connectivity index (χ1v) is 12.0. The number of benzene rings is 1. The van der Waals surface area contributed by atoms with Crippen molar-refractivity contribution in [1.29, 1.82) is 5.26 Å². The summed E-state index contributed by atoms with van der Waals surface area (Å²) >= 11 is 0. The van der Waals surface area contributed by atoms with Crippen molar-refractivity contribution in [3.05, 3.63) is 23.8 Å². The van der Waals surface area contributed by atoms with Crippen LogP contribution < -0.4 is 15.5 Å². The van der Waals surface area contributed by atoms with Crippen molar-refractivity contribution in [2.75, 3.05) is 24.5 Å². The highest BCUT2D eigenvalue weighted by Gasteiger charge is 2.47. The Morgan fingerprint density at radius 3 is 2.53 bits per heavy atom. The molecule has 3 aliphatic rings. The minimum absolute atomic E-state index is 0.141. The molecule has 1 aliphatic carbocycles. The first-order valence-electron chi connectivity index (χ1n) is 10.5. The molecule has 2 atom stereocenters. The number of alkyl carbamates (subject to hydrolysis) is 1. The maximum absolute atomic E-state index is 13.8. The largest absolute Gasteiger partial charge is 0.430 e. The summed E-state index contributed by atoms with van der Waals surface area (Å²) in [4.78, 5) is 12.1. The summed E-state index contributed by atoms with van der Waals surface area (Å²) < 4.78 is 99.6. The van der Waals surface area contributed by atoms with Crippen molar-refractivity contribution in [3.63, 3.8) is 0 Å². The van der Waals surface area contributed by atoms with Crippen LogP contribution in [0.5, 0.6) is 0 Å². The lowest BCUT2D eigenvalue weighted by molar-refractivity contribution is -0.139. The Morgan fingerprint density at radius 1 is 1.26 bits per heavy atom. The lowest BCUT2D eigenvalue weighted by Crippen LogP contribution is -2.40. The zero-order valence-electron chi connectivity index (χ0n) is 17.7. The molecule has 0 radical (unpaired) electrons. The van der Waals surface area contributed by atoms with Crippen molar-refractivity contribution < 1.29 is 39.9 Å². The maximum Gasteiger partial charge on any atom is 0.417 e. The van der Waals surface area contributed by atoms with E-state index in [-0.39, 0.29) is 25.2 Å². The topological polar surface area (TPSA) is 112 Å². The van der Waals surface area contributed by atoms with Crippen LogP contribution in [0.3, 0.4) is 0 Å². The summed E-state index contributed by atoms with van der Waals surface area (Å²) in [6.07, 6.45) is -6.94. The predicted molar refractivity (Wildman–Crippen MR) is 108 cm³/mol. The maximum atomic E-state index is 13.8. The van der Waals surface area contributed by atoms with E-state index < -0.39 is 68.5 Å². The van der Waals surface area contributed by atoms with Crippen molar-refractivity contribution in [2.45, 2.75) is 59.7 Å². The number of hydrogen-bond acceptors (Lipinski definition) is 7. The molecule has 1 aromatic rings. The van der Waals surface area contributed by atoms with Crippen LogP contribution in [0.2, 0.25) is 0 Å². The molecule has 0 bridgehead atoms. The van der Waals surface area contributed by atoms with E-state index in [0.717, 1.165) is 17.0 Å². The zero-order valence-corrected chi connectivity index (χ0v) is 18.5. The highest BCUT2D eigenvalue weighted by Crippen LogP contribution is 2.40. The Hall–Kier alpha value is -2.66. The van der Waals surface area contributed by atoms with Crippen molar-refractivity contribution in [2.24, 2.45) is 0 Å². The van der Waals surface area contributed by atoms with E-state index in [1.165, 1.54) is 0 Å². The van der Waals surface area contributed by atoms with Gasteiger partial charge in [0.2, 0.25) is 0 Å². The number of carbonyl (C=O) groups excluding carboxylic acids is 1. The van der Waals surface area contributed by atoms with Gasteiger partial charge in [-0.1, -0.05) is 0 Å². The Labute approximate surface area is 192 Å². The lowest BCUT2D eigenvalue weighted by atomic mass is 10.2. The molecule has 3 fully saturated rings. The number of rotatable bonds is 5. The third-order valence-corrected chi connectivity index (χ3v) is 8.36. The average molecular weight is 508 g/mol. The molecule has 0 spiro atoms. The number of carbonyl (C=O) groups is 1. The lowest BCUT2D eigenvalue weighted by Gasteiger charge is -2.22. The van der Waals surface area contributed by atoms with Crippen molar-refractivity contribution >= 4 is 21.6 Å². The van der Waals surface area contributed by atoms with E-state index >= 15 is 0 Å². The molecule has 1 aromatic carbocycles. The van der Waals surface area contributed by atoms with Gasteiger partial charge in [0.25, 0.3) is 5.92 Å². The molecule has 2 N–H and O–H groups in total. The number of amides is 1. The number of sulfone groups is 1. The molecular weight excluding hydrogens is 487 g/mol. The average Bonchev–Trinajstić information content (AvgIpc) is 3.17. The SMILES string of the molecule is N#CC1(NC(=O)O[C@H]2C[C@@H](S(=O)(=O)c3ccc(N4CCC(F)(F)C4)cc3C(F)(F)F)CN2)CC1. The summed E-state index contributed by atoms with van der Waals surface area (Å²) in [6.45, 7) is -1.17. The van der Waals surface area contributed by atoms with Crippen molar-refractivity contribution in [3.8, 4) is 6.07 Å². The van der Waals surface area contributed by atoms with Crippen LogP contribution >= 0.6 is 0 Å². The van der Waals surface area contributed by atoms with Gasteiger partial charge >= 0.3 is 12.3 Å². The number of alkyl halides is 5. The molecule has 14 heteroatoms. The van der Waals surface area contributed by atoms with Crippen molar-refractivity contribution in [1.82, 2.24) is 10.6 Å². The quantitative estimate of drug-likeness (QED) is 0.589. The van der Waals surface area contributed by atoms with E-state index in [9.17, 15) is 35.2 Å². The minimum atomic E-state index is -5.04. The molecule has 2 aliphatic heterocycles. The number of nitrogens with zero attached hydrogens (tertiary/aromatic N) is 2. The second-order valence-corrected chi connectivity index (χ2v) is 10.9. The summed E-state index contributed by atoms with van der Waals surface area (Å²) in [6, 6.07) is 4.38. The van der Waals surface area contributed by atoms with Gasteiger partial charge in [-0.3, -0.25) is 5.32 Å². The van der Waals surface area contributed by atoms with Gasteiger partial charge in [-0.2, -0.15) is 18.4 Å². The molecule has 2 heterocycles. The number of ether oxygens (including phenoxy) is 1. The molecule has 0 unspecified atom stereocenters. The molecule has 8 nitrogen and oxygen atoms in total. The molecule has 1 amide bonds. The smallest absolute Gasteiger partial charge is 0.417 e. The minimum Gasteiger partial charge on any atom is -0.430 e. The first kappa shape index (κ1) is 24.5. The standard InChI is InChI=1S/C20H21F5N4O4S/c21-19(22)5-6-29(11-19)12-1-2-15(14(7-12)20(23,24)25)34(31,32)13-8-16(27-9-13)33-17(30)28-18(10-26)3-4-18/h1-2,7,13,16,27H,3-6,8-9,11H2,(H,28,30)/t13-,16+/m1/s1. The number of nitriles is 1. The Bertz CT molecular complexity index is 1130. The molecule has 1 saturated carbocycles. The van der Waals surface area contributed by atoms with Gasteiger partial charge in [0.1, 0.15) is 5.54 Å². The molecule has 34 heavy (non-hydrogen) atoms. The van der Waals surface area contributed by atoms with Crippen LogP contribution in [0.4, 0.5) is 32.4 Å². The van der Waals surface area contributed by atoms with Gasteiger partial charge < -0.3 is 15.0 Å². The predicted octanol–water partition coefficient (Wildman–Crippen LogP) is 2.79. The number of hydrogen-bond donors (Lipinski definition) is 2. The Morgan fingerprint density at radius 2 is 1.97 bits per heavy atom. The van der Waals surface area contributed by atoms with E-state index in [4.69, 9.17) is 10.00 Å². The monoisotopic (exact) mass is 508 g/mol. The number of nitrogens with one attached hydrogen (secondary N) is 2. The summed E-state index contributed by atoms with van der Waals surface area (Å²) in [5.41, 5.74) is -2.58.